The van der Waals surface area contributed by atoms with E-state index in [9.17, 15) is 0 Å². The van der Waals surface area contributed by atoms with Crippen LogP contribution in [0.5, 0.6) is 0 Å². The van der Waals surface area contributed by atoms with Gasteiger partial charge in [-0.05, 0) is 29.0 Å². The van der Waals surface area contributed by atoms with Gasteiger partial charge in [0.15, 0.2) is 0 Å². The summed E-state index contributed by atoms with van der Waals surface area (Å²) in [5.74, 6) is 0. The molecule has 0 aliphatic carbocycles. The predicted molar refractivity (Wildman–Crippen MR) is 67.3 cm³/mol. The summed E-state index contributed by atoms with van der Waals surface area (Å²) in [5.41, 5.74) is 0. The van der Waals surface area contributed by atoms with Crippen LogP contribution in [-0.2, 0) is 16.0 Å². The second kappa shape index (κ2) is 7.43. The van der Waals surface area contributed by atoms with E-state index in [0.717, 1.165) is 23.3 Å². The molecule has 6 heteroatoms. The van der Waals surface area contributed by atoms with Gasteiger partial charge in [-0.1, -0.05) is 11.6 Å². The van der Waals surface area contributed by atoms with E-state index in [1.54, 1.807) is 7.11 Å². The number of halogens is 2. The maximum absolute atomic E-state index is 5.87. The normalized spacial score (nSPS) is 10.9. The van der Waals surface area contributed by atoms with Crippen molar-refractivity contribution in [3.8, 4) is 0 Å². The molecule has 15 heavy (non-hydrogen) atoms. The molecule has 0 aromatic carbocycles. The van der Waals surface area contributed by atoms with Crippen LogP contribution in [0.2, 0.25) is 5.02 Å². The molecular weight excluding hydrogens is 330 g/mol. The molecule has 1 aromatic rings. The van der Waals surface area contributed by atoms with Crippen LogP contribution in [0.3, 0.4) is 0 Å². The highest BCUT2D eigenvalue weighted by Crippen LogP contribution is 2.15. The molecule has 1 rings (SSSR count). The minimum absolute atomic E-state index is 0.644. The Morgan fingerprint density at radius 1 is 1.47 bits per heavy atom. The molecule has 4 nitrogen and oxygen atoms in total. The fraction of sp³-hybridized carbons (Fsp3) is 0.667. The average molecular weight is 345 g/mol. The van der Waals surface area contributed by atoms with E-state index in [-0.39, 0.29) is 0 Å². The summed E-state index contributed by atoms with van der Waals surface area (Å²) in [5, 5.41) is 4.94. The van der Waals surface area contributed by atoms with E-state index in [1.165, 1.54) is 0 Å². The smallest absolute Gasteiger partial charge is 0.141 e. The second-order valence-electron chi connectivity index (χ2n) is 2.99. The lowest BCUT2D eigenvalue weighted by Gasteiger charge is -2.03. The van der Waals surface area contributed by atoms with E-state index in [2.05, 4.69) is 27.7 Å². The van der Waals surface area contributed by atoms with Gasteiger partial charge in [0.05, 0.1) is 18.2 Å². The minimum atomic E-state index is 0.644. The quantitative estimate of drug-likeness (QED) is 0.562. The lowest BCUT2D eigenvalue weighted by Crippen LogP contribution is -2.06. The molecule has 0 fully saturated rings. The molecule has 0 radical (unpaired) electrons. The van der Waals surface area contributed by atoms with Gasteiger partial charge >= 0.3 is 0 Å². The van der Waals surface area contributed by atoms with Gasteiger partial charge in [0.1, 0.15) is 3.70 Å². The Hall–Kier alpha value is 0.150. The molecule has 1 heterocycles. The zero-order valence-electron chi connectivity index (χ0n) is 8.58. The van der Waals surface area contributed by atoms with Crippen molar-refractivity contribution in [1.82, 2.24) is 9.78 Å². The Bertz CT molecular complexity index is 274. The predicted octanol–water partition coefficient (Wildman–Crippen LogP) is 2.19. The number of aryl methyl sites for hydroxylation is 1. The monoisotopic (exact) mass is 344 g/mol. The molecule has 0 spiro atoms. The molecule has 0 saturated carbocycles. The van der Waals surface area contributed by atoms with Gasteiger partial charge in [-0.3, -0.25) is 4.68 Å². The topological polar surface area (TPSA) is 36.3 Å². The largest absolute Gasteiger partial charge is 0.382 e. The summed E-state index contributed by atoms with van der Waals surface area (Å²) in [6.45, 7) is 2.84. The molecule has 0 bridgehead atoms. The Labute approximate surface area is 108 Å². The first-order valence-corrected chi connectivity index (χ1v) is 6.15. The molecule has 86 valence electrons. The van der Waals surface area contributed by atoms with Crippen LogP contribution in [0.25, 0.3) is 0 Å². The van der Waals surface area contributed by atoms with Gasteiger partial charge < -0.3 is 9.47 Å². The Kier molecular flexibility index (Phi) is 6.54. The summed E-state index contributed by atoms with van der Waals surface area (Å²) in [6.07, 6.45) is 2.76. The lowest BCUT2D eigenvalue weighted by atomic mass is 10.4. The molecular formula is C9H14ClIN2O2. The highest BCUT2D eigenvalue weighted by molar-refractivity contribution is 14.1. The lowest BCUT2D eigenvalue weighted by molar-refractivity contribution is 0.0677. The third-order valence-electron chi connectivity index (χ3n) is 1.78. The van der Waals surface area contributed by atoms with E-state index in [1.807, 2.05) is 10.9 Å². The number of aromatic nitrogens is 2. The Balaban J connectivity index is 2.10. The van der Waals surface area contributed by atoms with Crippen molar-refractivity contribution in [2.75, 3.05) is 26.9 Å². The number of hydrogen-bond donors (Lipinski definition) is 0. The fourth-order valence-corrected chi connectivity index (χ4v) is 1.63. The van der Waals surface area contributed by atoms with Crippen LogP contribution in [0.4, 0.5) is 0 Å². The van der Waals surface area contributed by atoms with E-state index in [4.69, 9.17) is 21.1 Å². The van der Waals surface area contributed by atoms with Crippen molar-refractivity contribution in [2.45, 2.75) is 13.0 Å². The van der Waals surface area contributed by atoms with Gasteiger partial charge in [0.25, 0.3) is 0 Å². The maximum atomic E-state index is 5.87. The maximum Gasteiger partial charge on any atom is 0.141 e. The van der Waals surface area contributed by atoms with E-state index in [0.29, 0.717) is 18.2 Å². The fourth-order valence-electron chi connectivity index (χ4n) is 1.06. The van der Waals surface area contributed by atoms with E-state index < -0.39 is 0 Å². The molecule has 0 N–H and O–H groups in total. The number of hydrogen-bond acceptors (Lipinski definition) is 3. The number of rotatable bonds is 7. The van der Waals surface area contributed by atoms with Crippen LogP contribution >= 0.6 is 34.2 Å². The second-order valence-corrected chi connectivity index (χ2v) is 4.42. The molecule has 0 saturated heterocycles. The highest BCUT2D eigenvalue weighted by atomic mass is 127. The number of nitrogens with zero attached hydrogens (tertiary/aromatic N) is 2. The van der Waals surface area contributed by atoms with Crippen LogP contribution < -0.4 is 0 Å². The molecule has 1 aromatic heterocycles. The van der Waals surface area contributed by atoms with Crippen molar-refractivity contribution >= 4 is 34.2 Å². The Morgan fingerprint density at radius 3 is 2.87 bits per heavy atom. The molecule has 0 atom stereocenters. The van der Waals surface area contributed by atoms with Crippen LogP contribution in [0, 0.1) is 3.70 Å². The first-order chi connectivity index (χ1) is 7.24. The van der Waals surface area contributed by atoms with Crippen molar-refractivity contribution in [3.05, 3.63) is 14.9 Å². The number of ether oxygens (including phenoxy) is 2. The summed E-state index contributed by atoms with van der Waals surface area (Å²) in [7, 11) is 1.66. The Morgan fingerprint density at radius 2 is 2.27 bits per heavy atom. The molecule has 0 amide bonds. The van der Waals surface area contributed by atoms with Gasteiger partial charge in [0, 0.05) is 26.5 Å². The summed E-state index contributed by atoms with van der Waals surface area (Å²) >= 11 is 7.98. The van der Waals surface area contributed by atoms with Gasteiger partial charge in [-0.15, -0.1) is 0 Å². The van der Waals surface area contributed by atoms with Gasteiger partial charge in [-0.25, -0.2) is 0 Å². The molecule has 0 aliphatic heterocycles. The summed E-state index contributed by atoms with van der Waals surface area (Å²) in [4.78, 5) is 0. The SMILES string of the molecule is COCCOCCCn1cc(Cl)c(I)n1. The third kappa shape index (κ3) is 5.14. The van der Waals surface area contributed by atoms with Crippen LogP contribution in [0.1, 0.15) is 6.42 Å². The van der Waals surface area contributed by atoms with Crippen molar-refractivity contribution in [3.63, 3.8) is 0 Å². The van der Waals surface area contributed by atoms with Crippen LogP contribution in [0.15, 0.2) is 6.20 Å². The van der Waals surface area contributed by atoms with E-state index >= 15 is 0 Å². The molecule has 0 aliphatic rings. The summed E-state index contributed by atoms with van der Waals surface area (Å²) < 4.78 is 12.9. The van der Waals surface area contributed by atoms with Crippen molar-refractivity contribution in [1.29, 1.82) is 0 Å². The van der Waals surface area contributed by atoms with Crippen LogP contribution in [-0.4, -0.2) is 36.7 Å². The first-order valence-electron chi connectivity index (χ1n) is 4.69. The summed E-state index contributed by atoms with van der Waals surface area (Å²) in [6, 6.07) is 0. The zero-order chi connectivity index (χ0) is 11.1. The average Bonchev–Trinajstić information content (AvgIpc) is 2.52. The number of methoxy groups -OCH3 is 1. The van der Waals surface area contributed by atoms with Crippen molar-refractivity contribution < 1.29 is 9.47 Å². The third-order valence-corrected chi connectivity index (χ3v) is 3.18. The van der Waals surface area contributed by atoms with Crippen molar-refractivity contribution in [2.24, 2.45) is 0 Å². The standard InChI is InChI=1S/C9H14ClIN2O2/c1-14-5-6-15-4-2-3-13-7-8(10)9(11)12-13/h7H,2-6H2,1H3. The highest BCUT2D eigenvalue weighted by Gasteiger charge is 2.02. The minimum Gasteiger partial charge on any atom is -0.382 e. The zero-order valence-corrected chi connectivity index (χ0v) is 11.5. The van der Waals surface area contributed by atoms with Gasteiger partial charge in [-0.2, -0.15) is 5.10 Å². The molecule has 0 unspecified atom stereocenters. The first kappa shape index (κ1) is 13.2. The van der Waals surface area contributed by atoms with Gasteiger partial charge in [0.2, 0.25) is 0 Å².